The molecule has 0 heterocycles. The second-order valence-corrected chi connectivity index (χ2v) is 8.74. The van der Waals surface area contributed by atoms with Crippen molar-refractivity contribution < 1.29 is 17.9 Å². The number of benzene rings is 3. The van der Waals surface area contributed by atoms with Gasteiger partial charge in [-0.2, -0.15) is 0 Å². The Bertz CT molecular complexity index is 1170. The van der Waals surface area contributed by atoms with Crippen LogP contribution in [-0.4, -0.2) is 21.4 Å². The lowest BCUT2D eigenvalue weighted by Crippen LogP contribution is -2.24. The van der Waals surface area contributed by atoms with E-state index in [1.807, 2.05) is 37.3 Å². The van der Waals surface area contributed by atoms with Gasteiger partial charge in [0.25, 0.3) is 5.91 Å². The molecule has 3 aromatic carbocycles. The minimum atomic E-state index is -3.92. The number of sulfonamides is 1. The number of nitrogens with one attached hydrogen (secondary N) is 2. The van der Waals surface area contributed by atoms with Crippen molar-refractivity contribution in [2.75, 3.05) is 12.4 Å². The summed E-state index contributed by atoms with van der Waals surface area (Å²) >= 11 is 6.10. The second kappa shape index (κ2) is 9.30. The lowest BCUT2D eigenvalue weighted by molar-refractivity contribution is 0.102. The topological polar surface area (TPSA) is 84.5 Å². The average molecular weight is 445 g/mol. The number of hydrogen-bond donors (Lipinski definition) is 2. The molecule has 0 saturated heterocycles. The molecule has 0 spiro atoms. The Labute approximate surface area is 180 Å². The smallest absolute Gasteiger partial charge is 0.255 e. The molecule has 0 radical (unpaired) electrons. The predicted molar refractivity (Wildman–Crippen MR) is 118 cm³/mol. The fraction of sp³-hybridized carbons (Fsp3) is 0.136. The second-order valence-electron chi connectivity index (χ2n) is 6.59. The van der Waals surface area contributed by atoms with E-state index < -0.39 is 15.9 Å². The van der Waals surface area contributed by atoms with Crippen LogP contribution in [0.1, 0.15) is 21.5 Å². The third kappa shape index (κ3) is 5.18. The Hall–Kier alpha value is -2.87. The third-order valence-corrected chi connectivity index (χ3v) is 6.28. The predicted octanol–water partition coefficient (Wildman–Crippen LogP) is 4.39. The van der Waals surface area contributed by atoms with E-state index in [1.165, 1.54) is 25.3 Å². The van der Waals surface area contributed by atoms with Crippen LogP contribution in [0.2, 0.25) is 5.02 Å². The van der Waals surface area contributed by atoms with Gasteiger partial charge >= 0.3 is 0 Å². The maximum absolute atomic E-state index is 12.9. The highest BCUT2D eigenvalue weighted by atomic mass is 35.5. The molecule has 0 fully saturated rings. The molecular formula is C22H21ClN2O4S. The van der Waals surface area contributed by atoms with Crippen LogP contribution in [0, 0.1) is 6.92 Å². The number of anilines is 1. The summed E-state index contributed by atoms with van der Waals surface area (Å²) in [6, 6.07) is 18.5. The molecule has 3 aromatic rings. The average Bonchev–Trinajstić information content (AvgIpc) is 2.75. The first-order valence-electron chi connectivity index (χ1n) is 9.09. The first kappa shape index (κ1) is 21.8. The molecule has 3 rings (SSSR count). The number of carbonyl (C=O) groups excluding carboxylic acids is 1. The molecule has 0 aliphatic heterocycles. The SMILES string of the molecule is COc1ccc(C(=O)Nc2ccc(C)c(Cl)c2)cc1S(=O)(=O)NCc1ccccc1. The van der Waals surface area contributed by atoms with E-state index in [0.717, 1.165) is 11.1 Å². The van der Waals surface area contributed by atoms with Gasteiger partial charge < -0.3 is 10.1 Å². The number of rotatable bonds is 7. The maximum Gasteiger partial charge on any atom is 0.255 e. The molecule has 0 atom stereocenters. The first-order chi connectivity index (χ1) is 14.3. The molecule has 6 nitrogen and oxygen atoms in total. The molecule has 8 heteroatoms. The number of hydrogen-bond acceptors (Lipinski definition) is 4. The fourth-order valence-corrected chi connectivity index (χ4v) is 4.14. The zero-order chi connectivity index (χ0) is 21.7. The highest BCUT2D eigenvalue weighted by Gasteiger charge is 2.21. The number of aryl methyl sites for hydroxylation is 1. The van der Waals surface area contributed by atoms with Gasteiger partial charge in [-0.15, -0.1) is 0 Å². The van der Waals surface area contributed by atoms with Crippen molar-refractivity contribution in [1.82, 2.24) is 4.72 Å². The monoisotopic (exact) mass is 444 g/mol. The molecule has 0 saturated carbocycles. The Morgan fingerprint density at radius 3 is 2.43 bits per heavy atom. The van der Waals surface area contributed by atoms with Crippen LogP contribution in [0.4, 0.5) is 5.69 Å². The molecule has 2 N–H and O–H groups in total. The van der Waals surface area contributed by atoms with Gasteiger partial charge in [-0.25, -0.2) is 13.1 Å². The minimum Gasteiger partial charge on any atom is -0.495 e. The van der Waals surface area contributed by atoms with E-state index in [1.54, 1.807) is 18.2 Å². The molecule has 0 bridgehead atoms. The van der Waals surface area contributed by atoms with Crippen LogP contribution in [0.25, 0.3) is 0 Å². The van der Waals surface area contributed by atoms with Crippen LogP contribution < -0.4 is 14.8 Å². The van der Waals surface area contributed by atoms with E-state index in [2.05, 4.69) is 10.0 Å². The van der Waals surface area contributed by atoms with E-state index in [-0.39, 0.29) is 22.8 Å². The minimum absolute atomic E-state index is 0.115. The van der Waals surface area contributed by atoms with Gasteiger partial charge in [-0.05, 0) is 48.4 Å². The fourth-order valence-electron chi connectivity index (χ4n) is 2.75. The van der Waals surface area contributed by atoms with Crippen molar-refractivity contribution in [1.29, 1.82) is 0 Å². The van der Waals surface area contributed by atoms with Gasteiger partial charge in [0.1, 0.15) is 10.6 Å². The van der Waals surface area contributed by atoms with Crippen molar-refractivity contribution in [3.05, 3.63) is 88.4 Å². The summed E-state index contributed by atoms with van der Waals surface area (Å²) in [5.41, 5.74) is 2.38. The van der Waals surface area contributed by atoms with E-state index >= 15 is 0 Å². The number of carbonyl (C=O) groups is 1. The zero-order valence-corrected chi connectivity index (χ0v) is 18.0. The van der Waals surface area contributed by atoms with Crippen LogP contribution in [-0.2, 0) is 16.6 Å². The molecule has 0 unspecified atom stereocenters. The van der Waals surface area contributed by atoms with Gasteiger partial charge in [0.15, 0.2) is 0 Å². The van der Waals surface area contributed by atoms with Crippen molar-refractivity contribution in [2.24, 2.45) is 0 Å². The van der Waals surface area contributed by atoms with Crippen molar-refractivity contribution >= 4 is 33.2 Å². The van der Waals surface area contributed by atoms with E-state index in [9.17, 15) is 13.2 Å². The standard InChI is InChI=1S/C22H21ClN2O4S/c1-15-8-10-18(13-19(15)23)25-22(26)17-9-11-20(29-2)21(12-17)30(27,28)24-14-16-6-4-3-5-7-16/h3-13,24H,14H2,1-2H3,(H,25,26). The van der Waals surface area contributed by atoms with Crippen molar-refractivity contribution in [3.63, 3.8) is 0 Å². The maximum atomic E-state index is 12.9. The Morgan fingerprint density at radius 2 is 1.77 bits per heavy atom. The number of halogens is 1. The Balaban J connectivity index is 1.85. The molecule has 1 amide bonds. The molecule has 30 heavy (non-hydrogen) atoms. The lowest BCUT2D eigenvalue weighted by Gasteiger charge is -2.13. The summed E-state index contributed by atoms with van der Waals surface area (Å²) in [7, 11) is -2.54. The van der Waals surface area contributed by atoms with Crippen molar-refractivity contribution in [3.8, 4) is 5.75 Å². The lowest BCUT2D eigenvalue weighted by atomic mass is 10.2. The zero-order valence-electron chi connectivity index (χ0n) is 16.5. The van der Waals surface area contributed by atoms with Gasteiger partial charge in [-0.3, -0.25) is 4.79 Å². The van der Waals surface area contributed by atoms with Crippen LogP contribution in [0.5, 0.6) is 5.75 Å². The highest BCUT2D eigenvalue weighted by molar-refractivity contribution is 7.89. The summed E-state index contributed by atoms with van der Waals surface area (Å²) in [5.74, 6) is -0.317. The molecular weight excluding hydrogens is 424 g/mol. The van der Waals surface area contributed by atoms with E-state index in [0.29, 0.717) is 10.7 Å². The summed E-state index contributed by atoms with van der Waals surface area (Å²) in [6.45, 7) is 1.97. The summed E-state index contributed by atoms with van der Waals surface area (Å²) < 4.78 is 33.5. The highest BCUT2D eigenvalue weighted by Crippen LogP contribution is 2.26. The van der Waals surface area contributed by atoms with Gasteiger partial charge in [0, 0.05) is 22.8 Å². The third-order valence-electron chi connectivity index (χ3n) is 4.45. The number of ether oxygens (including phenoxy) is 1. The van der Waals surface area contributed by atoms with Crippen molar-refractivity contribution in [2.45, 2.75) is 18.4 Å². The summed E-state index contributed by atoms with van der Waals surface area (Å²) in [5, 5.41) is 3.24. The summed E-state index contributed by atoms with van der Waals surface area (Å²) in [6.07, 6.45) is 0. The molecule has 156 valence electrons. The van der Waals surface area contributed by atoms with Crippen LogP contribution >= 0.6 is 11.6 Å². The van der Waals surface area contributed by atoms with Crippen LogP contribution in [0.3, 0.4) is 0 Å². The molecule has 0 aromatic heterocycles. The number of methoxy groups -OCH3 is 1. The Kier molecular flexibility index (Phi) is 6.77. The van der Waals surface area contributed by atoms with Crippen LogP contribution in [0.15, 0.2) is 71.6 Å². The van der Waals surface area contributed by atoms with Gasteiger partial charge in [0.2, 0.25) is 10.0 Å². The largest absolute Gasteiger partial charge is 0.495 e. The molecule has 0 aliphatic carbocycles. The normalized spacial score (nSPS) is 11.2. The Morgan fingerprint density at radius 1 is 1.03 bits per heavy atom. The molecule has 0 aliphatic rings. The first-order valence-corrected chi connectivity index (χ1v) is 11.0. The van der Waals surface area contributed by atoms with E-state index in [4.69, 9.17) is 16.3 Å². The van der Waals surface area contributed by atoms with Gasteiger partial charge in [-0.1, -0.05) is 48.0 Å². The quantitative estimate of drug-likeness (QED) is 0.566. The summed E-state index contributed by atoms with van der Waals surface area (Å²) in [4.78, 5) is 12.5. The van der Waals surface area contributed by atoms with Gasteiger partial charge in [0.05, 0.1) is 7.11 Å². The number of amides is 1.